The van der Waals surface area contributed by atoms with Gasteiger partial charge in [-0.15, -0.1) is 0 Å². The monoisotopic (exact) mass is 239 g/mol. The summed E-state index contributed by atoms with van der Waals surface area (Å²) in [5, 5.41) is 4.39. The van der Waals surface area contributed by atoms with Gasteiger partial charge >= 0.3 is 0 Å². The normalized spacial score (nSPS) is 13.1. The molecule has 1 aromatic rings. The van der Waals surface area contributed by atoms with Crippen LogP contribution in [0, 0.1) is 12.8 Å². The first-order valence-electron chi connectivity index (χ1n) is 6.04. The smallest absolute Gasteiger partial charge is 0.0456 e. The third-order valence-electron chi connectivity index (χ3n) is 2.69. The summed E-state index contributed by atoms with van der Waals surface area (Å²) in [6.07, 6.45) is 1.12. The van der Waals surface area contributed by atoms with Crippen LogP contribution in [0.15, 0.2) is 18.2 Å². The Hall–Kier alpha value is -0.530. The summed E-state index contributed by atoms with van der Waals surface area (Å²) in [6, 6.07) is 6.69. The van der Waals surface area contributed by atoms with E-state index in [9.17, 15) is 0 Å². The Bertz CT molecular complexity index is 334. The van der Waals surface area contributed by atoms with Gasteiger partial charge in [-0.2, -0.15) is 0 Å². The Balaban J connectivity index is 2.91. The number of hydrogen-bond donors (Lipinski definition) is 1. The van der Waals surface area contributed by atoms with Gasteiger partial charge in [-0.3, -0.25) is 0 Å². The maximum Gasteiger partial charge on any atom is 0.0456 e. The van der Waals surface area contributed by atoms with Crippen molar-refractivity contribution >= 4 is 11.6 Å². The summed E-state index contributed by atoms with van der Waals surface area (Å²) in [5.41, 5.74) is 2.44. The molecule has 0 radical (unpaired) electrons. The van der Waals surface area contributed by atoms with Crippen molar-refractivity contribution in [1.82, 2.24) is 5.32 Å². The van der Waals surface area contributed by atoms with Gasteiger partial charge in [-0.05, 0) is 43.0 Å². The minimum absolute atomic E-state index is 0.373. The van der Waals surface area contributed by atoms with Crippen molar-refractivity contribution in [2.75, 3.05) is 6.54 Å². The Morgan fingerprint density at radius 1 is 1.31 bits per heavy atom. The van der Waals surface area contributed by atoms with Crippen LogP contribution in [0.2, 0.25) is 5.02 Å². The highest BCUT2D eigenvalue weighted by atomic mass is 35.5. The third kappa shape index (κ3) is 3.80. The highest BCUT2D eigenvalue weighted by molar-refractivity contribution is 6.31. The molecule has 1 atom stereocenters. The molecule has 0 aliphatic rings. The summed E-state index contributed by atoms with van der Waals surface area (Å²) < 4.78 is 0. The Labute approximate surface area is 104 Å². The fraction of sp³-hybridized carbons (Fsp3) is 0.571. The fourth-order valence-electron chi connectivity index (χ4n) is 1.95. The van der Waals surface area contributed by atoms with E-state index in [1.54, 1.807) is 0 Å². The van der Waals surface area contributed by atoms with Crippen LogP contribution >= 0.6 is 11.6 Å². The Kier molecular flexibility index (Phi) is 5.30. The summed E-state index contributed by atoms with van der Waals surface area (Å²) in [4.78, 5) is 0. The molecule has 2 heteroatoms. The minimum Gasteiger partial charge on any atom is -0.310 e. The van der Waals surface area contributed by atoms with E-state index in [2.05, 4.69) is 45.1 Å². The van der Waals surface area contributed by atoms with Crippen LogP contribution in [0.3, 0.4) is 0 Å². The molecule has 1 nitrogen and oxygen atoms in total. The van der Waals surface area contributed by atoms with Crippen LogP contribution in [0.25, 0.3) is 0 Å². The van der Waals surface area contributed by atoms with Gasteiger partial charge in [0.15, 0.2) is 0 Å². The molecule has 1 unspecified atom stereocenters. The second-order valence-corrected chi connectivity index (χ2v) is 5.17. The molecule has 0 aliphatic carbocycles. The van der Waals surface area contributed by atoms with Crippen molar-refractivity contribution in [3.63, 3.8) is 0 Å². The van der Waals surface area contributed by atoms with Gasteiger partial charge in [0.05, 0.1) is 0 Å². The van der Waals surface area contributed by atoms with Gasteiger partial charge in [0.2, 0.25) is 0 Å². The molecule has 0 aliphatic heterocycles. The zero-order valence-electron chi connectivity index (χ0n) is 10.7. The number of aryl methyl sites for hydroxylation is 1. The molecule has 0 aromatic heterocycles. The summed E-state index contributed by atoms with van der Waals surface area (Å²) in [7, 11) is 0. The van der Waals surface area contributed by atoms with Gasteiger partial charge in [0.1, 0.15) is 0 Å². The van der Waals surface area contributed by atoms with E-state index in [4.69, 9.17) is 11.6 Å². The first-order chi connectivity index (χ1) is 7.54. The Morgan fingerprint density at radius 3 is 2.50 bits per heavy atom. The van der Waals surface area contributed by atoms with Crippen molar-refractivity contribution in [3.05, 3.63) is 34.3 Å². The van der Waals surface area contributed by atoms with Crippen LogP contribution in [0.5, 0.6) is 0 Å². The van der Waals surface area contributed by atoms with Gasteiger partial charge in [0, 0.05) is 11.1 Å². The van der Waals surface area contributed by atoms with E-state index in [-0.39, 0.29) is 0 Å². The van der Waals surface area contributed by atoms with Gasteiger partial charge in [0.25, 0.3) is 0 Å². The zero-order valence-corrected chi connectivity index (χ0v) is 11.4. The predicted molar refractivity (Wildman–Crippen MR) is 72.1 cm³/mol. The van der Waals surface area contributed by atoms with E-state index >= 15 is 0 Å². The van der Waals surface area contributed by atoms with E-state index in [1.165, 1.54) is 11.1 Å². The third-order valence-corrected chi connectivity index (χ3v) is 3.02. The lowest BCUT2D eigenvalue weighted by Gasteiger charge is -2.21. The summed E-state index contributed by atoms with van der Waals surface area (Å²) >= 11 is 6.30. The van der Waals surface area contributed by atoms with Crippen molar-refractivity contribution in [2.45, 2.75) is 40.2 Å². The molecule has 0 saturated heterocycles. The standard InChI is InChI=1S/C14H22ClN/c1-5-16-14(8-10(2)3)12-7-6-11(4)9-13(12)15/h6-7,9-10,14,16H,5,8H2,1-4H3. The second kappa shape index (κ2) is 6.27. The van der Waals surface area contributed by atoms with Crippen molar-refractivity contribution < 1.29 is 0 Å². The number of rotatable bonds is 5. The lowest BCUT2D eigenvalue weighted by atomic mass is 9.96. The summed E-state index contributed by atoms with van der Waals surface area (Å²) in [5.74, 6) is 0.668. The van der Waals surface area contributed by atoms with Gasteiger partial charge in [-0.1, -0.05) is 44.5 Å². The quantitative estimate of drug-likeness (QED) is 0.806. The van der Waals surface area contributed by atoms with Crippen LogP contribution in [-0.4, -0.2) is 6.54 Å². The van der Waals surface area contributed by atoms with Gasteiger partial charge < -0.3 is 5.32 Å². The highest BCUT2D eigenvalue weighted by Gasteiger charge is 2.14. The van der Waals surface area contributed by atoms with Crippen molar-refractivity contribution in [1.29, 1.82) is 0 Å². The molecule has 1 aromatic carbocycles. The molecule has 0 fully saturated rings. The van der Waals surface area contributed by atoms with E-state index in [1.807, 2.05) is 6.07 Å². The number of hydrogen-bond acceptors (Lipinski definition) is 1. The lowest BCUT2D eigenvalue weighted by molar-refractivity contribution is 0.438. The highest BCUT2D eigenvalue weighted by Crippen LogP contribution is 2.28. The molecule has 0 bridgehead atoms. The molecule has 16 heavy (non-hydrogen) atoms. The van der Waals surface area contributed by atoms with Crippen LogP contribution in [0.1, 0.15) is 44.4 Å². The van der Waals surface area contributed by atoms with Crippen LogP contribution in [-0.2, 0) is 0 Å². The topological polar surface area (TPSA) is 12.0 Å². The van der Waals surface area contributed by atoms with Gasteiger partial charge in [-0.25, -0.2) is 0 Å². The fourth-order valence-corrected chi connectivity index (χ4v) is 2.32. The molecule has 1 N–H and O–H groups in total. The molecule has 1 rings (SSSR count). The first-order valence-corrected chi connectivity index (χ1v) is 6.41. The molecule has 0 saturated carbocycles. The average Bonchev–Trinajstić information content (AvgIpc) is 2.16. The number of benzene rings is 1. The predicted octanol–water partition coefficient (Wildman–Crippen LogP) is 4.35. The summed E-state index contributed by atoms with van der Waals surface area (Å²) in [6.45, 7) is 9.66. The van der Waals surface area contributed by atoms with Crippen molar-refractivity contribution in [2.24, 2.45) is 5.92 Å². The molecule has 0 spiro atoms. The number of halogens is 1. The van der Waals surface area contributed by atoms with E-state index in [0.717, 1.165) is 18.0 Å². The zero-order chi connectivity index (χ0) is 12.1. The maximum atomic E-state index is 6.30. The van der Waals surface area contributed by atoms with Crippen molar-refractivity contribution in [3.8, 4) is 0 Å². The van der Waals surface area contributed by atoms with Crippen LogP contribution < -0.4 is 5.32 Å². The second-order valence-electron chi connectivity index (χ2n) is 4.76. The number of nitrogens with one attached hydrogen (secondary N) is 1. The minimum atomic E-state index is 0.373. The Morgan fingerprint density at radius 2 is 2.00 bits per heavy atom. The largest absolute Gasteiger partial charge is 0.310 e. The van der Waals surface area contributed by atoms with E-state index < -0.39 is 0 Å². The molecular formula is C14H22ClN. The molecule has 90 valence electrons. The average molecular weight is 240 g/mol. The SMILES string of the molecule is CCNC(CC(C)C)c1ccc(C)cc1Cl. The maximum absolute atomic E-state index is 6.30. The molecule has 0 heterocycles. The lowest BCUT2D eigenvalue weighted by Crippen LogP contribution is -2.22. The molecular weight excluding hydrogens is 218 g/mol. The van der Waals surface area contributed by atoms with Crippen LogP contribution in [0.4, 0.5) is 0 Å². The molecule has 0 amide bonds. The first kappa shape index (κ1) is 13.5. The van der Waals surface area contributed by atoms with E-state index in [0.29, 0.717) is 12.0 Å².